The summed E-state index contributed by atoms with van der Waals surface area (Å²) in [6.45, 7) is 2.74. The van der Waals surface area contributed by atoms with Gasteiger partial charge in [-0.15, -0.1) is 0 Å². The van der Waals surface area contributed by atoms with Crippen molar-refractivity contribution in [3.8, 4) is 23.4 Å². The number of guanidine groups is 1. The largest absolute Gasteiger partial charge is 0.508 e. The van der Waals surface area contributed by atoms with Crippen LogP contribution in [0.15, 0.2) is 41.4 Å². The molecule has 1 heterocycles. The number of rotatable bonds is 10. The summed E-state index contributed by atoms with van der Waals surface area (Å²) in [7, 11) is 0. The fraction of sp³-hybridized carbons (Fsp3) is 0.423. The Morgan fingerprint density at radius 1 is 1.14 bits per heavy atom. The predicted molar refractivity (Wildman–Crippen MR) is 136 cm³/mol. The van der Waals surface area contributed by atoms with E-state index in [1.807, 2.05) is 11.1 Å². The normalized spacial score (nSPS) is 16.2. The lowest BCUT2D eigenvalue weighted by atomic mass is 9.99. The highest BCUT2D eigenvalue weighted by atomic mass is 16.3. The lowest BCUT2D eigenvalue weighted by Gasteiger charge is -2.23. The molecule has 0 radical (unpaired) electrons. The van der Waals surface area contributed by atoms with E-state index in [0.29, 0.717) is 23.5 Å². The number of likely N-dealkylation sites (tertiary alicyclic amines) is 1. The SMILES string of the molecule is CC(=O)[C@H](CN=C(NC#N)N1CCCC1)NC(O)c1c(O)cc(CCC(O)c2cccc(O)c2)cc1O. The second-order valence-corrected chi connectivity index (χ2v) is 9.02. The number of aliphatic imine (C=N–C) groups is 1. The van der Waals surface area contributed by atoms with Gasteiger partial charge < -0.3 is 30.4 Å². The first-order chi connectivity index (χ1) is 17.7. The Morgan fingerprint density at radius 3 is 2.41 bits per heavy atom. The van der Waals surface area contributed by atoms with Crippen molar-refractivity contribution in [1.29, 1.82) is 5.26 Å². The number of aliphatic hydroxyl groups excluding tert-OH is 2. The highest BCUT2D eigenvalue weighted by molar-refractivity contribution is 5.84. The summed E-state index contributed by atoms with van der Waals surface area (Å²) < 4.78 is 0. The number of aryl methyl sites for hydroxylation is 1. The van der Waals surface area contributed by atoms with E-state index in [1.54, 1.807) is 12.1 Å². The van der Waals surface area contributed by atoms with Crippen molar-refractivity contribution in [2.24, 2.45) is 4.99 Å². The van der Waals surface area contributed by atoms with E-state index in [4.69, 9.17) is 5.26 Å². The van der Waals surface area contributed by atoms with E-state index >= 15 is 0 Å². The van der Waals surface area contributed by atoms with Crippen LogP contribution in [-0.2, 0) is 11.2 Å². The average molecular weight is 512 g/mol. The number of nitriles is 1. The topological polar surface area (TPSA) is 182 Å². The molecule has 1 saturated heterocycles. The first-order valence-electron chi connectivity index (χ1n) is 12.1. The highest BCUT2D eigenvalue weighted by Gasteiger charge is 2.25. The summed E-state index contributed by atoms with van der Waals surface area (Å²) in [5.74, 6) is -0.684. The second-order valence-electron chi connectivity index (χ2n) is 9.02. The zero-order valence-corrected chi connectivity index (χ0v) is 20.6. The zero-order valence-electron chi connectivity index (χ0n) is 20.6. The number of nitrogens with one attached hydrogen (secondary N) is 2. The number of hydrogen-bond donors (Lipinski definition) is 7. The van der Waals surface area contributed by atoms with Gasteiger partial charge in [0.25, 0.3) is 0 Å². The third-order valence-corrected chi connectivity index (χ3v) is 6.28. The summed E-state index contributed by atoms with van der Waals surface area (Å²) >= 11 is 0. The van der Waals surface area contributed by atoms with Gasteiger partial charge in [0.2, 0.25) is 5.96 Å². The molecule has 1 aliphatic rings. The molecule has 0 amide bonds. The van der Waals surface area contributed by atoms with Crippen LogP contribution in [0.3, 0.4) is 0 Å². The van der Waals surface area contributed by atoms with E-state index in [2.05, 4.69) is 15.6 Å². The number of aromatic hydroxyl groups is 3. The van der Waals surface area contributed by atoms with Crippen molar-refractivity contribution in [2.45, 2.75) is 51.0 Å². The van der Waals surface area contributed by atoms with Gasteiger partial charge in [-0.2, -0.15) is 5.26 Å². The molecule has 198 valence electrons. The van der Waals surface area contributed by atoms with Crippen LogP contribution in [0.5, 0.6) is 17.2 Å². The van der Waals surface area contributed by atoms with Crippen molar-refractivity contribution in [2.75, 3.05) is 19.6 Å². The molecule has 1 fully saturated rings. The molecule has 0 spiro atoms. The maximum Gasteiger partial charge on any atom is 0.207 e. The molecular weight excluding hydrogens is 478 g/mol. The Morgan fingerprint density at radius 2 is 1.81 bits per heavy atom. The Balaban J connectivity index is 1.67. The molecule has 0 bridgehead atoms. The molecule has 7 N–H and O–H groups in total. The van der Waals surface area contributed by atoms with Gasteiger partial charge in [-0.3, -0.25) is 20.4 Å². The maximum atomic E-state index is 12.2. The van der Waals surface area contributed by atoms with E-state index < -0.39 is 18.4 Å². The number of hydrogen-bond acceptors (Lipinski definition) is 9. The summed E-state index contributed by atoms with van der Waals surface area (Å²) in [5, 5.41) is 65.9. The molecule has 11 heteroatoms. The molecular formula is C26H33N5O6. The number of Topliss-reactive ketones (excluding diaryl/α,β-unsaturated/α-hetero) is 1. The van der Waals surface area contributed by atoms with Crippen LogP contribution in [0.4, 0.5) is 0 Å². The third-order valence-electron chi connectivity index (χ3n) is 6.28. The summed E-state index contributed by atoms with van der Waals surface area (Å²) in [6.07, 6.45) is 1.93. The minimum absolute atomic E-state index is 0.0424. The van der Waals surface area contributed by atoms with Crippen molar-refractivity contribution in [1.82, 2.24) is 15.5 Å². The lowest BCUT2D eigenvalue weighted by molar-refractivity contribution is -0.119. The summed E-state index contributed by atoms with van der Waals surface area (Å²) in [5.41, 5.74) is 0.874. The fourth-order valence-electron chi connectivity index (χ4n) is 4.25. The van der Waals surface area contributed by atoms with Crippen molar-refractivity contribution in [3.05, 3.63) is 53.1 Å². The van der Waals surface area contributed by atoms with Gasteiger partial charge in [-0.1, -0.05) is 12.1 Å². The molecule has 2 unspecified atom stereocenters. The number of benzene rings is 2. The minimum atomic E-state index is -1.57. The summed E-state index contributed by atoms with van der Waals surface area (Å²) in [6, 6.07) is 8.08. The smallest absolute Gasteiger partial charge is 0.207 e. The summed E-state index contributed by atoms with van der Waals surface area (Å²) in [4.78, 5) is 18.5. The standard InChI is InChI=1S/C26H33N5O6/c1-16(32)20(14-28-26(29-15-27)31-9-2-3-10-31)30-25(37)24-22(35)11-17(12-23(24)36)7-8-21(34)18-5-4-6-19(33)13-18/h4-6,11-13,20-21,25,30,33-37H,2-3,7-10,14H2,1H3,(H,28,29)/t20-,21?,25?/m0/s1. The second kappa shape index (κ2) is 12.9. The Kier molecular flexibility index (Phi) is 9.68. The van der Waals surface area contributed by atoms with E-state index in [-0.39, 0.29) is 41.6 Å². The van der Waals surface area contributed by atoms with Crippen LogP contribution in [0.25, 0.3) is 0 Å². The van der Waals surface area contributed by atoms with Crippen LogP contribution < -0.4 is 10.6 Å². The van der Waals surface area contributed by atoms with Crippen LogP contribution in [0, 0.1) is 11.5 Å². The number of carbonyl (C=O) groups excluding carboxylic acids is 1. The monoisotopic (exact) mass is 511 g/mol. The van der Waals surface area contributed by atoms with Crippen LogP contribution >= 0.6 is 0 Å². The van der Waals surface area contributed by atoms with Gasteiger partial charge in [0.05, 0.1) is 24.3 Å². The third kappa shape index (κ3) is 7.57. The van der Waals surface area contributed by atoms with Gasteiger partial charge in [0.1, 0.15) is 29.3 Å². The molecule has 0 aromatic heterocycles. The van der Waals surface area contributed by atoms with Crippen LogP contribution in [-0.4, -0.2) is 67.9 Å². The van der Waals surface area contributed by atoms with Crippen molar-refractivity contribution in [3.63, 3.8) is 0 Å². The number of nitrogens with zero attached hydrogens (tertiary/aromatic N) is 3. The van der Waals surface area contributed by atoms with E-state index in [0.717, 1.165) is 25.9 Å². The molecule has 2 aromatic rings. The number of aliphatic hydroxyl groups is 2. The molecule has 11 nitrogen and oxygen atoms in total. The van der Waals surface area contributed by atoms with E-state index in [9.17, 15) is 30.3 Å². The Bertz CT molecular complexity index is 1140. The molecule has 3 rings (SSSR count). The lowest BCUT2D eigenvalue weighted by Crippen LogP contribution is -2.43. The average Bonchev–Trinajstić information content (AvgIpc) is 3.38. The zero-order chi connectivity index (χ0) is 26.9. The van der Waals surface area contributed by atoms with Gasteiger partial charge in [0.15, 0.2) is 6.19 Å². The van der Waals surface area contributed by atoms with Crippen LogP contribution in [0.2, 0.25) is 0 Å². The van der Waals surface area contributed by atoms with Gasteiger partial charge in [-0.25, -0.2) is 0 Å². The molecule has 0 saturated carbocycles. The number of ketones is 1. The molecule has 3 atom stereocenters. The van der Waals surface area contributed by atoms with E-state index in [1.165, 1.54) is 31.2 Å². The molecule has 2 aromatic carbocycles. The van der Waals surface area contributed by atoms with Crippen molar-refractivity contribution >= 4 is 11.7 Å². The first-order valence-corrected chi connectivity index (χ1v) is 12.1. The molecule has 37 heavy (non-hydrogen) atoms. The van der Waals surface area contributed by atoms with Crippen LogP contribution in [0.1, 0.15) is 55.2 Å². The number of phenolic OH excluding ortho intramolecular Hbond substituents is 3. The molecule has 1 aliphatic heterocycles. The van der Waals surface area contributed by atoms with Crippen molar-refractivity contribution < 1.29 is 30.3 Å². The number of carbonyl (C=O) groups is 1. The van der Waals surface area contributed by atoms with Gasteiger partial charge in [0, 0.05) is 13.1 Å². The Labute approximate surface area is 215 Å². The predicted octanol–water partition coefficient (Wildman–Crippen LogP) is 1.53. The Hall–Kier alpha value is -3.85. The maximum absolute atomic E-state index is 12.2. The first kappa shape index (κ1) is 27.7. The number of phenols is 3. The fourth-order valence-corrected chi connectivity index (χ4v) is 4.25. The minimum Gasteiger partial charge on any atom is -0.508 e. The van der Waals surface area contributed by atoms with Gasteiger partial charge in [-0.05, 0) is 68.0 Å². The van der Waals surface area contributed by atoms with Gasteiger partial charge >= 0.3 is 0 Å². The highest BCUT2D eigenvalue weighted by Crippen LogP contribution is 2.34. The quantitative estimate of drug-likeness (QED) is 0.0812. The molecule has 0 aliphatic carbocycles.